The number of rotatable bonds is 5. The van der Waals surface area contributed by atoms with Crippen LogP contribution in [0.2, 0.25) is 0 Å². The van der Waals surface area contributed by atoms with E-state index in [1.165, 1.54) is 6.21 Å². The van der Waals surface area contributed by atoms with E-state index in [1.807, 2.05) is 91.0 Å². The molecule has 4 heteroatoms. The fourth-order valence-electron chi connectivity index (χ4n) is 3.43. The Hall–Kier alpha value is -3.92. The summed E-state index contributed by atoms with van der Waals surface area (Å²) in [5, 5.41) is 16.2. The molecule has 142 valence electrons. The van der Waals surface area contributed by atoms with Gasteiger partial charge in [0, 0.05) is 5.56 Å². The van der Waals surface area contributed by atoms with Crippen LogP contribution in [-0.2, 0) is 4.79 Å². The van der Waals surface area contributed by atoms with Crippen LogP contribution in [0.25, 0.3) is 10.8 Å². The third kappa shape index (κ3) is 4.01. The molecule has 0 aliphatic rings. The van der Waals surface area contributed by atoms with E-state index in [2.05, 4.69) is 10.5 Å². The molecule has 2 N–H and O–H groups in total. The Labute approximate surface area is 169 Å². The average molecular weight is 380 g/mol. The smallest absolute Gasteiger partial charge is 0.252 e. The minimum absolute atomic E-state index is 0.115. The lowest BCUT2D eigenvalue weighted by Gasteiger charge is -2.16. The number of phenolic OH excluding ortho intramolecular Hbond substituents is 1. The van der Waals surface area contributed by atoms with Gasteiger partial charge >= 0.3 is 0 Å². The first kappa shape index (κ1) is 18.4. The molecular formula is C25H20N2O2. The summed E-state index contributed by atoms with van der Waals surface area (Å²) >= 11 is 0. The second-order valence-electron chi connectivity index (χ2n) is 6.71. The van der Waals surface area contributed by atoms with E-state index < -0.39 is 5.92 Å². The Bertz CT molecular complexity index is 1120. The predicted molar refractivity (Wildman–Crippen MR) is 116 cm³/mol. The van der Waals surface area contributed by atoms with Crippen LogP contribution in [0, 0.1) is 0 Å². The summed E-state index contributed by atoms with van der Waals surface area (Å²) in [5.41, 5.74) is 4.99. The molecule has 1 amide bonds. The van der Waals surface area contributed by atoms with E-state index in [-0.39, 0.29) is 11.7 Å². The van der Waals surface area contributed by atoms with Gasteiger partial charge in [0.05, 0.1) is 12.1 Å². The van der Waals surface area contributed by atoms with Gasteiger partial charge in [-0.25, -0.2) is 5.43 Å². The van der Waals surface area contributed by atoms with Crippen molar-refractivity contribution in [2.75, 3.05) is 0 Å². The normalized spacial score (nSPS) is 11.2. The molecule has 0 fully saturated rings. The molecule has 0 heterocycles. The molecule has 0 atom stereocenters. The zero-order chi connectivity index (χ0) is 20.1. The maximum absolute atomic E-state index is 13.0. The first-order chi connectivity index (χ1) is 14.2. The summed E-state index contributed by atoms with van der Waals surface area (Å²) in [6, 6.07) is 30.4. The van der Waals surface area contributed by atoms with Gasteiger partial charge in [0.25, 0.3) is 5.91 Å². The molecule has 0 aromatic heterocycles. The lowest BCUT2D eigenvalue weighted by atomic mass is 9.91. The number of carbonyl (C=O) groups is 1. The Morgan fingerprint density at radius 2 is 1.38 bits per heavy atom. The van der Waals surface area contributed by atoms with Gasteiger partial charge in [0.2, 0.25) is 0 Å². The molecule has 4 aromatic carbocycles. The van der Waals surface area contributed by atoms with Gasteiger partial charge < -0.3 is 5.11 Å². The summed E-state index contributed by atoms with van der Waals surface area (Å²) in [6.07, 6.45) is 1.49. The molecule has 4 rings (SSSR count). The molecule has 0 aliphatic carbocycles. The minimum atomic E-state index is -0.476. The molecule has 0 saturated carbocycles. The molecule has 0 unspecified atom stereocenters. The third-order valence-corrected chi connectivity index (χ3v) is 4.84. The highest BCUT2D eigenvalue weighted by Gasteiger charge is 2.22. The van der Waals surface area contributed by atoms with Crippen molar-refractivity contribution >= 4 is 22.9 Å². The lowest BCUT2D eigenvalue weighted by Crippen LogP contribution is -2.26. The highest BCUT2D eigenvalue weighted by Crippen LogP contribution is 2.26. The Balaban J connectivity index is 1.62. The molecule has 0 aliphatic heterocycles. The summed E-state index contributed by atoms with van der Waals surface area (Å²) < 4.78 is 0. The zero-order valence-electron chi connectivity index (χ0n) is 15.7. The zero-order valence-corrected chi connectivity index (χ0v) is 15.7. The number of hydrogen-bond donors (Lipinski definition) is 2. The second-order valence-corrected chi connectivity index (χ2v) is 6.71. The van der Waals surface area contributed by atoms with Crippen molar-refractivity contribution in [2.24, 2.45) is 5.10 Å². The quantitative estimate of drug-likeness (QED) is 0.385. The molecule has 0 radical (unpaired) electrons. The Morgan fingerprint density at radius 3 is 2.03 bits per heavy atom. The van der Waals surface area contributed by atoms with E-state index >= 15 is 0 Å². The molecule has 0 spiro atoms. The summed E-state index contributed by atoms with van der Waals surface area (Å²) in [6.45, 7) is 0. The number of hydrazone groups is 1. The van der Waals surface area contributed by atoms with E-state index in [0.717, 1.165) is 21.9 Å². The van der Waals surface area contributed by atoms with Gasteiger partial charge in [-0.05, 0) is 28.0 Å². The molecular weight excluding hydrogens is 360 g/mol. The van der Waals surface area contributed by atoms with Crippen molar-refractivity contribution in [3.63, 3.8) is 0 Å². The second kappa shape index (κ2) is 8.40. The van der Waals surface area contributed by atoms with Crippen molar-refractivity contribution in [1.82, 2.24) is 5.43 Å². The van der Waals surface area contributed by atoms with Gasteiger partial charge in [-0.1, -0.05) is 91.0 Å². The topological polar surface area (TPSA) is 61.7 Å². The molecule has 0 saturated heterocycles. The largest absolute Gasteiger partial charge is 0.507 e. The summed E-state index contributed by atoms with van der Waals surface area (Å²) in [7, 11) is 0. The van der Waals surface area contributed by atoms with Crippen LogP contribution < -0.4 is 5.43 Å². The van der Waals surface area contributed by atoms with Crippen molar-refractivity contribution < 1.29 is 9.90 Å². The van der Waals surface area contributed by atoms with Crippen molar-refractivity contribution in [3.8, 4) is 5.75 Å². The minimum Gasteiger partial charge on any atom is -0.507 e. The van der Waals surface area contributed by atoms with E-state index in [1.54, 1.807) is 6.07 Å². The Morgan fingerprint density at radius 1 is 0.793 bits per heavy atom. The highest BCUT2D eigenvalue weighted by molar-refractivity contribution is 6.02. The molecule has 29 heavy (non-hydrogen) atoms. The van der Waals surface area contributed by atoms with E-state index in [9.17, 15) is 9.90 Å². The number of nitrogens with one attached hydrogen (secondary N) is 1. The summed E-state index contributed by atoms with van der Waals surface area (Å²) in [5.74, 6) is -0.599. The number of carbonyl (C=O) groups excluding carboxylic acids is 1. The van der Waals surface area contributed by atoms with E-state index in [0.29, 0.717) is 5.56 Å². The molecule has 0 bridgehead atoms. The van der Waals surface area contributed by atoms with Crippen LogP contribution in [0.4, 0.5) is 0 Å². The monoisotopic (exact) mass is 380 g/mol. The number of nitrogens with zero attached hydrogens (tertiary/aromatic N) is 1. The fraction of sp³-hybridized carbons (Fsp3) is 0.0400. The van der Waals surface area contributed by atoms with Crippen molar-refractivity contribution in [1.29, 1.82) is 0 Å². The molecule has 4 nitrogen and oxygen atoms in total. The summed E-state index contributed by atoms with van der Waals surface area (Å²) in [4.78, 5) is 13.0. The van der Waals surface area contributed by atoms with Crippen LogP contribution in [0.5, 0.6) is 5.75 Å². The first-order valence-electron chi connectivity index (χ1n) is 9.37. The number of amides is 1. The third-order valence-electron chi connectivity index (χ3n) is 4.84. The van der Waals surface area contributed by atoms with Gasteiger partial charge in [-0.3, -0.25) is 4.79 Å². The van der Waals surface area contributed by atoms with E-state index in [4.69, 9.17) is 0 Å². The number of hydrogen-bond acceptors (Lipinski definition) is 3. The predicted octanol–water partition coefficient (Wildman–Crippen LogP) is 4.83. The van der Waals surface area contributed by atoms with Crippen LogP contribution in [0.3, 0.4) is 0 Å². The van der Waals surface area contributed by atoms with Crippen LogP contribution in [-0.4, -0.2) is 17.2 Å². The van der Waals surface area contributed by atoms with Gasteiger partial charge in [0.15, 0.2) is 0 Å². The van der Waals surface area contributed by atoms with Crippen LogP contribution in [0.15, 0.2) is 102 Å². The van der Waals surface area contributed by atoms with Crippen LogP contribution in [0.1, 0.15) is 22.6 Å². The lowest BCUT2D eigenvalue weighted by molar-refractivity contribution is -0.121. The van der Waals surface area contributed by atoms with Gasteiger partial charge in [-0.2, -0.15) is 5.10 Å². The fourth-order valence-corrected chi connectivity index (χ4v) is 3.43. The van der Waals surface area contributed by atoms with Gasteiger partial charge in [-0.15, -0.1) is 0 Å². The number of benzene rings is 4. The average Bonchev–Trinajstić information content (AvgIpc) is 2.77. The van der Waals surface area contributed by atoms with Crippen molar-refractivity contribution in [2.45, 2.75) is 5.92 Å². The first-order valence-corrected chi connectivity index (χ1v) is 9.37. The molecule has 4 aromatic rings. The highest BCUT2D eigenvalue weighted by atomic mass is 16.3. The Kier molecular flexibility index (Phi) is 5.34. The SMILES string of the molecule is O=C(N/N=C\c1c(O)ccc2ccccc12)C(c1ccccc1)c1ccccc1. The number of phenols is 1. The standard InChI is InChI=1S/C25H20N2O2/c28-23-16-15-18-9-7-8-14-21(18)22(23)17-26-27-25(29)24(19-10-3-1-4-11-19)20-12-5-2-6-13-20/h1-17,24,28H,(H,27,29)/b26-17-. The number of aromatic hydroxyl groups is 1. The van der Waals surface area contributed by atoms with Gasteiger partial charge in [0.1, 0.15) is 5.75 Å². The van der Waals surface area contributed by atoms with Crippen molar-refractivity contribution in [3.05, 3.63) is 114 Å². The van der Waals surface area contributed by atoms with Crippen LogP contribution >= 0.6 is 0 Å². The number of fused-ring (bicyclic) bond motifs is 1. The maximum Gasteiger partial charge on any atom is 0.252 e. The maximum atomic E-state index is 13.0.